The summed E-state index contributed by atoms with van der Waals surface area (Å²) >= 11 is 0. The molecule has 3 heteroatoms. The van der Waals surface area contributed by atoms with E-state index in [0.717, 1.165) is 11.4 Å². The number of rotatable bonds is 6. The van der Waals surface area contributed by atoms with Gasteiger partial charge in [-0.3, -0.25) is 0 Å². The van der Waals surface area contributed by atoms with Crippen LogP contribution in [0.4, 0.5) is 34.1 Å². The van der Waals surface area contributed by atoms with Crippen molar-refractivity contribution in [2.75, 3.05) is 9.80 Å². The summed E-state index contributed by atoms with van der Waals surface area (Å²) in [5.74, 6) is 0. The lowest BCUT2D eigenvalue weighted by molar-refractivity contribution is 1.25. The molecule has 2 aliphatic rings. The fourth-order valence-corrected chi connectivity index (χ4v) is 8.98. The third-order valence-electron chi connectivity index (χ3n) is 11.7. The van der Waals surface area contributed by atoms with E-state index in [2.05, 4.69) is 234 Å². The maximum Gasteiger partial charge on any atom is 0.252 e. The third kappa shape index (κ3) is 5.67. The van der Waals surface area contributed by atoms with Crippen molar-refractivity contribution in [3.8, 4) is 44.5 Å². The Morgan fingerprint density at radius 1 is 0.246 bits per heavy atom. The summed E-state index contributed by atoms with van der Waals surface area (Å²) in [6.45, 7) is 0.0226. The molecule has 2 nitrogen and oxygen atoms in total. The van der Waals surface area contributed by atoms with Crippen molar-refractivity contribution in [1.82, 2.24) is 0 Å². The minimum absolute atomic E-state index is 0.0226. The van der Waals surface area contributed by atoms with E-state index in [4.69, 9.17) is 0 Å². The summed E-state index contributed by atoms with van der Waals surface area (Å²) in [5, 5.41) is 0. The van der Waals surface area contributed by atoms with Gasteiger partial charge in [0.25, 0.3) is 6.71 Å². The molecule has 266 valence electrons. The topological polar surface area (TPSA) is 6.48 Å². The first-order chi connectivity index (χ1) is 28.3. The second-order valence-corrected chi connectivity index (χ2v) is 14.9. The van der Waals surface area contributed by atoms with Gasteiger partial charge in [0.1, 0.15) is 0 Å². The molecule has 0 saturated carbocycles. The fourth-order valence-electron chi connectivity index (χ4n) is 8.98. The van der Waals surface area contributed by atoms with Crippen LogP contribution in [0.3, 0.4) is 0 Å². The van der Waals surface area contributed by atoms with Crippen molar-refractivity contribution in [3.05, 3.63) is 224 Å². The second kappa shape index (κ2) is 13.7. The molecule has 0 aliphatic carbocycles. The first-order valence-electron chi connectivity index (χ1n) is 19.7. The van der Waals surface area contributed by atoms with Crippen LogP contribution in [-0.2, 0) is 0 Å². The molecule has 0 aromatic heterocycles. The molecule has 0 unspecified atom stereocenters. The molecule has 2 aliphatic heterocycles. The van der Waals surface area contributed by atoms with E-state index >= 15 is 0 Å². The monoisotopic (exact) mass is 724 g/mol. The number of fused-ring (bicyclic) bond motifs is 4. The third-order valence-corrected chi connectivity index (χ3v) is 11.7. The summed E-state index contributed by atoms with van der Waals surface area (Å²) in [6, 6.07) is 82.0. The molecule has 9 aromatic carbocycles. The van der Waals surface area contributed by atoms with Crippen molar-refractivity contribution in [3.63, 3.8) is 0 Å². The minimum Gasteiger partial charge on any atom is -0.311 e. The van der Waals surface area contributed by atoms with Crippen molar-refractivity contribution >= 4 is 57.2 Å². The number of hydrogen-bond donors (Lipinski definition) is 0. The van der Waals surface area contributed by atoms with Gasteiger partial charge in [0.2, 0.25) is 0 Å². The predicted octanol–water partition coefficient (Wildman–Crippen LogP) is 12.4. The van der Waals surface area contributed by atoms with E-state index < -0.39 is 0 Å². The van der Waals surface area contributed by atoms with Crippen molar-refractivity contribution in [1.29, 1.82) is 0 Å². The van der Waals surface area contributed by atoms with E-state index in [1.54, 1.807) is 0 Å². The van der Waals surface area contributed by atoms with Crippen LogP contribution < -0.4 is 26.2 Å². The Hall–Kier alpha value is -7.36. The summed E-state index contributed by atoms with van der Waals surface area (Å²) in [7, 11) is 0. The van der Waals surface area contributed by atoms with Gasteiger partial charge in [0.15, 0.2) is 0 Å². The molecule has 0 spiro atoms. The molecule has 0 saturated heterocycles. The number of nitrogens with zero attached hydrogens (tertiary/aromatic N) is 2. The van der Waals surface area contributed by atoms with Crippen LogP contribution in [-0.4, -0.2) is 6.71 Å². The van der Waals surface area contributed by atoms with Gasteiger partial charge in [0.05, 0.1) is 0 Å². The lowest BCUT2D eigenvalue weighted by Gasteiger charge is -2.44. The van der Waals surface area contributed by atoms with Gasteiger partial charge in [-0.15, -0.1) is 0 Å². The highest BCUT2D eigenvalue weighted by molar-refractivity contribution is 7.00. The first-order valence-corrected chi connectivity index (χ1v) is 19.7. The average molecular weight is 725 g/mol. The largest absolute Gasteiger partial charge is 0.311 e. The Kier molecular flexibility index (Phi) is 7.96. The van der Waals surface area contributed by atoms with Crippen LogP contribution in [0.5, 0.6) is 0 Å². The van der Waals surface area contributed by atoms with Crippen LogP contribution in [0.1, 0.15) is 0 Å². The van der Waals surface area contributed by atoms with Gasteiger partial charge in [-0.1, -0.05) is 176 Å². The second-order valence-electron chi connectivity index (χ2n) is 14.9. The Balaban J connectivity index is 1.18. The molecule has 0 N–H and O–H groups in total. The Morgan fingerprint density at radius 3 is 1.11 bits per heavy atom. The van der Waals surface area contributed by atoms with E-state index in [9.17, 15) is 0 Å². The van der Waals surface area contributed by atoms with Gasteiger partial charge in [-0.05, 0) is 109 Å². The van der Waals surface area contributed by atoms with Gasteiger partial charge in [-0.25, -0.2) is 0 Å². The molecule has 0 atom stereocenters. The number of benzene rings is 9. The van der Waals surface area contributed by atoms with Crippen LogP contribution >= 0.6 is 0 Å². The highest BCUT2D eigenvalue weighted by Gasteiger charge is 2.43. The summed E-state index contributed by atoms with van der Waals surface area (Å²) in [6.07, 6.45) is 0. The standard InChI is InChI=1S/C54H37BN2/c1-5-15-38(16-6-1)42-25-30-46(31-26-42)56-50-24-14-13-23-48(50)55-49-35-44(40-19-9-3-10-20-40)29-34-51(49)57(47-32-27-43(28-33-47)39-17-7-2-8-18-39)53-37-45(36-52(56)54(53)55)41-21-11-4-12-22-41/h1-37H. The first kappa shape index (κ1) is 33.0. The van der Waals surface area contributed by atoms with Gasteiger partial charge < -0.3 is 9.80 Å². The smallest absolute Gasteiger partial charge is 0.252 e. The fraction of sp³-hybridized carbons (Fsp3) is 0. The molecule has 0 amide bonds. The molecule has 0 radical (unpaired) electrons. The molecular formula is C54H37BN2. The Morgan fingerprint density at radius 2 is 0.614 bits per heavy atom. The Bertz CT molecular complexity index is 2860. The van der Waals surface area contributed by atoms with Crippen LogP contribution in [0.2, 0.25) is 0 Å². The quantitative estimate of drug-likeness (QED) is 0.158. The molecular weight excluding hydrogens is 687 g/mol. The molecule has 2 heterocycles. The molecule has 9 aromatic rings. The number of anilines is 6. The van der Waals surface area contributed by atoms with E-state index in [-0.39, 0.29) is 6.71 Å². The zero-order chi connectivity index (χ0) is 37.7. The molecule has 0 bridgehead atoms. The van der Waals surface area contributed by atoms with Gasteiger partial charge in [-0.2, -0.15) is 0 Å². The highest BCUT2D eigenvalue weighted by Crippen LogP contribution is 2.46. The number of para-hydroxylation sites is 1. The SMILES string of the molecule is c1ccc(-c2ccc(N3c4ccccc4B4c5cc(-c6ccccc6)ccc5N(c5ccc(-c6ccccc6)cc5)c5cc(-c6ccccc6)cc3c54)cc2)cc1. The number of hydrogen-bond acceptors (Lipinski definition) is 2. The van der Waals surface area contributed by atoms with E-state index in [1.165, 1.54) is 83.6 Å². The maximum absolute atomic E-state index is 2.51. The lowest BCUT2D eigenvalue weighted by Crippen LogP contribution is -2.61. The van der Waals surface area contributed by atoms with Crippen molar-refractivity contribution in [2.45, 2.75) is 0 Å². The predicted molar refractivity (Wildman–Crippen MR) is 242 cm³/mol. The highest BCUT2D eigenvalue weighted by atomic mass is 15.2. The van der Waals surface area contributed by atoms with Crippen LogP contribution in [0.25, 0.3) is 44.5 Å². The van der Waals surface area contributed by atoms with Crippen LogP contribution in [0, 0.1) is 0 Å². The molecule has 0 fully saturated rings. The van der Waals surface area contributed by atoms with Gasteiger partial charge >= 0.3 is 0 Å². The van der Waals surface area contributed by atoms with Gasteiger partial charge in [0, 0.05) is 34.1 Å². The normalized spacial score (nSPS) is 12.5. The summed E-state index contributed by atoms with van der Waals surface area (Å²) < 4.78 is 0. The summed E-state index contributed by atoms with van der Waals surface area (Å²) in [4.78, 5) is 5.00. The zero-order valence-corrected chi connectivity index (χ0v) is 31.3. The maximum atomic E-state index is 2.51. The average Bonchev–Trinajstić information content (AvgIpc) is 3.30. The summed E-state index contributed by atoms with van der Waals surface area (Å²) in [5.41, 5.74) is 20.6. The molecule has 11 rings (SSSR count). The minimum atomic E-state index is 0.0226. The Labute approximate surface area is 334 Å². The van der Waals surface area contributed by atoms with Crippen LogP contribution in [0.15, 0.2) is 224 Å². The molecule has 57 heavy (non-hydrogen) atoms. The lowest BCUT2D eigenvalue weighted by atomic mass is 9.33. The van der Waals surface area contributed by atoms with Crippen molar-refractivity contribution in [2.24, 2.45) is 0 Å². The van der Waals surface area contributed by atoms with Crippen molar-refractivity contribution < 1.29 is 0 Å². The zero-order valence-electron chi connectivity index (χ0n) is 31.3. The van der Waals surface area contributed by atoms with E-state index in [1.807, 2.05) is 0 Å². The van der Waals surface area contributed by atoms with E-state index in [0.29, 0.717) is 0 Å².